The third-order valence-corrected chi connectivity index (χ3v) is 11.2. The molecule has 3 aromatic rings. The predicted octanol–water partition coefficient (Wildman–Crippen LogP) is 6.32. The van der Waals surface area contributed by atoms with Gasteiger partial charge in [0.1, 0.15) is 10.3 Å². The van der Waals surface area contributed by atoms with Crippen molar-refractivity contribution in [1.82, 2.24) is 14.3 Å². The minimum Gasteiger partial charge on any atom is -0.481 e. The predicted molar refractivity (Wildman–Crippen MR) is 155 cm³/mol. The number of thiazole rings is 1. The molecule has 0 radical (unpaired) electrons. The third-order valence-electron chi connectivity index (χ3n) is 7.41. The van der Waals surface area contributed by atoms with Crippen LogP contribution in [0.3, 0.4) is 0 Å². The number of fused-ring (bicyclic) bond motifs is 1. The van der Waals surface area contributed by atoms with Crippen LogP contribution >= 0.6 is 11.3 Å². The van der Waals surface area contributed by atoms with Crippen molar-refractivity contribution in [2.24, 2.45) is 5.92 Å². The standard InChI is InChI=1S/C28H40N4O4S2/c1-5-17-32(18-6-2)38(4,34,35)22-13-11-21(12-14-22)23(19-20-9-7-8-10-20)26(33)31-28-29-24-15-16-25(36-3)30-27(24)37-28/h11-16,20,23H,5-10,17-19H2,1-4H3,(H,34,35)(H,29,31,33). The summed E-state index contributed by atoms with van der Waals surface area (Å²) in [6.45, 7) is 5.12. The van der Waals surface area contributed by atoms with E-state index in [9.17, 15) is 13.6 Å². The highest BCUT2D eigenvalue weighted by Gasteiger charge is 2.33. The number of carbonyl (C=O) groups excluding carboxylic acids is 1. The number of methoxy groups -OCH3 is 1. The van der Waals surface area contributed by atoms with Crippen molar-refractivity contribution in [1.29, 1.82) is 0 Å². The molecule has 38 heavy (non-hydrogen) atoms. The van der Waals surface area contributed by atoms with Gasteiger partial charge < -0.3 is 10.1 Å². The molecule has 1 saturated carbocycles. The number of pyridine rings is 1. The first-order valence-corrected chi connectivity index (χ1v) is 16.6. The van der Waals surface area contributed by atoms with Crippen LogP contribution in [-0.2, 0) is 14.3 Å². The molecule has 1 aromatic carbocycles. The van der Waals surface area contributed by atoms with E-state index in [4.69, 9.17) is 4.74 Å². The maximum atomic E-state index is 13.9. The zero-order valence-electron chi connectivity index (χ0n) is 22.8. The summed E-state index contributed by atoms with van der Waals surface area (Å²) >= 11 is 1.32. The normalized spacial score (nSPS) is 16.4. The number of anilines is 1. The summed E-state index contributed by atoms with van der Waals surface area (Å²) in [6.07, 6.45) is 8.39. The lowest BCUT2D eigenvalue weighted by atomic mass is 9.87. The molecular formula is C28H40N4O4S2. The maximum absolute atomic E-state index is 13.9. The summed E-state index contributed by atoms with van der Waals surface area (Å²) in [4.78, 5) is 23.7. The van der Waals surface area contributed by atoms with E-state index in [1.54, 1.807) is 29.6 Å². The molecule has 1 fully saturated rings. The number of hydrogen-bond donors (Lipinski definition) is 2. The highest BCUT2D eigenvalue weighted by molar-refractivity contribution is 8.12. The summed E-state index contributed by atoms with van der Waals surface area (Å²) < 4.78 is 32.2. The van der Waals surface area contributed by atoms with Crippen LogP contribution in [0.15, 0.2) is 41.3 Å². The van der Waals surface area contributed by atoms with Gasteiger partial charge in [-0.2, -0.15) is 4.21 Å². The first-order valence-electron chi connectivity index (χ1n) is 13.5. The average molecular weight is 561 g/mol. The summed E-state index contributed by atoms with van der Waals surface area (Å²) in [7, 11) is -2.63. The smallest absolute Gasteiger partial charge is 0.233 e. The van der Waals surface area contributed by atoms with Crippen LogP contribution < -0.4 is 10.1 Å². The quantitative estimate of drug-likeness (QED) is 0.269. The van der Waals surface area contributed by atoms with Gasteiger partial charge in [-0.1, -0.05) is 63.0 Å². The minimum atomic E-state index is -4.20. The van der Waals surface area contributed by atoms with E-state index in [1.807, 2.05) is 32.0 Å². The molecule has 1 aliphatic carbocycles. The Bertz CT molecular complexity index is 1310. The van der Waals surface area contributed by atoms with E-state index < -0.39 is 9.53 Å². The van der Waals surface area contributed by atoms with Crippen molar-refractivity contribution in [2.75, 3.05) is 31.8 Å². The number of hydrogen-bond acceptors (Lipinski definition) is 6. The van der Waals surface area contributed by atoms with Crippen LogP contribution in [0, 0.1) is 5.92 Å². The molecule has 0 aliphatic heterocycles. The Kier molecular flexibility index (Phi) is 8.86. The van der Waals surface area contributed by atoms with Crippen LogP contribution in [0.5, 0.6) is 5.88 Å². The van der Waals surface area contributed by atoms with Gasteiger partial charge in [0.2, 0.25) is 11.8 Å². The van der Waals surface area contributed by atoms with Gasteiger partial charge in [-0.25, -0.2) is 14.3 Å². The monoisotopic (exact) mass is 560 g/mol. The van der Waals surface area contributed by atoms with Crippen molar-refractivity contribution in [2.45, 2.75) is 69.6 Å². The molecule has 0 saturated heterocycles. The SMILES string of the molecule is CCCN(CCC)S(C)(=O)(O)c1ccc(C(CC2CCCC2)C(=O)Nc2nc3ccc(OC)nc3s2)cc1. The molecule has 1 amide bonds. The second-order valence-electron chi connectivity index (χ2n) is 10.4. The van der Waals surface area contributed by atoms with Gasteiger partial charge in [-0.15, -0.1) is 9.53 Å². The summed E-state index contributed by atoms with van der Waals surface area (Å²) in [5.41, 5.74) is 1.55. The number of benzene rings is 1. The molecular weight excluding hydrogens is 520 g/mol. The fourth-order valence-corrected chi connectivity index (χ4v) is 8.46. The first kappa shape index (κ1) is 28.6. The topological polar surface area (TPSA) is 105 Å². The van der Waals surface area contributed by atoms with Gasteiger partial charge >= 0.3 is 0 Å². The van der Waals surface area contributed by atoms with E-state index >= 15 is 0 Å². The zero-order valence-corrected chi connectivity index (χ0v) is 24.4. The second-order valence-corrected chi connectivity index (χ2v) is 14.8. The maximum Gasteiger partial charge on any atom is 0.233 e. The molecule has 0 spiro atoms. The lowest BCUT2D eigenvalue weighted by molar-refractivity contribution is -0.118. The molecule has 10 heteroatoms. The molecule has 2 aromatic heterocycles. The zero-order chi connectivity index (χ0) is 27.4. The molecule has 1 unspecified atom stereocenters. The van der Waals surface area contributed by atoms with Crippen LogP contribution in [0.1, 0.15) is 70.3 Å². The summed E-state index contributed by atoms with van der Waals surface area (Å²) in [5, 5.41) is 3.52. The van der Waals surface area contributed by atoms with E-state index in [-0.39, 0.29) is 11.8 Å². The van der Waals surface area contributed by atoms with Crippen LogP contribution in [-0.4, -0.2) is 55.4 Å². The number of nitrogens with zero attached hydrogens (tertiary/aromatic N) is 3. The summed E-state index contributed by atoms with van der Waals surface area (Å²) in [6, 6.07) is 10.7. The van der Waals surface area contributed by atoms with Crippen molar-refractivity contribution in [3.8, 4) is 5.88 Å². The molecule has 4 rings (SSSR count). The molecule has 1 aliphatic rings. The fourth-order valence-electron chi connectivity index (χ4n) is 5.34. The lowest BCUT2D eigenvalue weighted by Gasteiger charge is -2.49. The Morgan fingerprint density at radius 1 is 1.13 bits per heavy atom. The number of carbonyl (C=O) groups is 1. The molecule has 2 heterocycles. The fraction of sp³-hybridized carbons (Fsp3) is 0.536. The molecule has 2 N–H and O–H groups in total. The Labute approximate surface area is 229 Å². The van der Waals surface area contributed by atoms with E-state index in [0.29, 0.717) is 45.3 Å². The van der Waals surface area contributed by atoms with Crippen molar-refractivity contribution < 1.29 is 18.3 Å². The Balaban J connectivity index is 1.60. The number of amides is 1. The highest BCUT2D eigenvalue weighted by atomic mass is 32.3. The van der Waals surface area contributed by atoms with Crippen LogP contribution in [0.4, 0.5) is 5.13 Å². The number of rotatable bonds is 12. The summed E-state index contributed by atoms with van der Waals surface area (Å²) in [5.74, 6) is 0.490. The van der Waals surface area contributed by atoms with E-state index in [2.05, 4.69) is 15.3 Å². The Morgan fingerprint density at radius 2 is 1.79 bits per heavy atom. The van der Waals surface area contributed by atoms with Crippen molar-refractivity contribution in [3.05, 3.63) is 42.0 Å². The molecule has 208 valence electrons. The Hall–Kier alpha value is -2.40. The van der Waals surface area contributed by atoms with Gasteiger partial charge in [0.25, 0.3) is 0 Å². The van der Waals surface area contributed by atoms with Crippen LogP contribution in [0.2, 0.25) is 0 Å². The highest BCUT2D eigenvalue weighted by Crippen LogP contribution is 2.38. The Morgan fingerprint density at radius 3 is 2.39 bits per heavy atom. The van der Waals surface area contributed by atoms with Crippen LogP contribution in [0.25, 0.3) is 10.3 Å². The first-order chi connectivity index (χ1) is 18.1. The largest absolute Gasteiger partial charge is 0.481 e. The molecule has 0 bridgehead atoms. The minimum absolute atomic E-state index is 0.118. The van der Waals surface area contributed by atoms with E-state index in [1.165, 1.54) is 30.4 Å². The average Bonchev–Trinajstić information content (AvgIpc) is 3.55. The van der Waals surface area contributed by atoms with Gasteiger partial charge in [0, 0.05) is 25.4 Å². The number of ether oxygens (including phenoxy) is 1. The lowest BCUT2D eigenvalue weighted by Crippen LogP contribution is -2.50. The second kappa shape index (κ2) is 11.8. The van der Waals surface area contributed by atoms with E-state index in [0.717, 1.165) is 37.7 Å². The van der Waals surface area contributed by atoms with Gasteiger partial charge in [0.15, 0.2) is 5.13 Å². The van der Waals surface area contributed by atoms with Crippen molar-refractivity contribution >= 4 is 42.3 Å². The van der Waals surface area contributed by atoms with Gasteiger partial charge in [-0.05, 0) is 48.9 Å². The van der Waals surface area contributed by atoms with Gasteiger partial charge in [-0.3, -0.25) is 9.35 Å². The van der Waals surface area contributed by atoms with Crippen molar-refractivity contribution in [3.63, 3.8) is 0 Å². The molecule has 1 atom stereocenters. The third kappa shape index (κ3) is 6.25. The number of nitrogens with one attached hydrogen (secondary N) is 1. The number of aromatic nitrogens is 2. The molecule has 8 nitrogen and oxygen atoms in total. The van der Waals surface area contributed by atoms with Gasteiger partial charge in [0.05, 0.1) is 17.9 Å².